The highest BCUT2D eigenvalue weighted by Gasteiger charge is 2.12. The molecular weight excluding hydrogens is 470 g/mol. The number of hydrogen-bond donors (Lipinski definition) is 1. The van der Waals surface area contributed by atoms with Crippen LogP contribution in [0, 0.1) is 0 Å². The predicted molar refractivity (Wildman–Crippen MR) is 122 cm³/mol. The van der Waals surface area contributed by atoms with E-state index in [-0.39, 0.29) is 6.61 Å². The molecule has 0 radical (unpaired) electrons. The molecule has 1 N–H and O–H groups in total. The largest absolute Gasteiger partial charge is 0.490 e. The molecule has 0 fully saturated rings. The highest BCUT2D eigenvalue weighted by atomic mass is 79.9. The summed E-state index contributed by atoms with van der Waals surface area (Å²) in [5.74, 6) is 0.472. The van der Waals surface area contributed by atoms with Crippen LogP contribution in [0.15, 0.2) is 57.4 Å². The summed E-state index contributed by atoms with van der Waals surface area (Å²) < 4.78 is 16.5. The van der Waals surface area contributed by atoms with Gasteiger partial charge in [0.05, 0.1) is 25.6 Å². The van der Waals surface area contributed by atoms with Crippen LogP contribution in [-0.4, -0.2) is 37.5 Å². The van der Waals surface area contributed by atoms with Crippen molar-refractivity contribution in [3.63, 3.8) is 0 Å². The van der Waals surface area contributed by atoms with Crippen LogP contribution in [-0.2, 0) is 9.53 Å². The monoisotopic (exact) mass is 489 g/mol. The number of ether oxygens (including phenoxy) is 3. The number of benzene rings is 2. The number of esters is 1. The zero-order chi connectivity index (χ0) is 21.3. The number of methoxy groups -OCH3 is 1. The van der Waals surface area contributed by atoms with Crippen molar-refractivity contribution in [2.45, 2.75) is 6.92 Å². The lowest BCUT2D eigenvalue weighted by molar-refractivity contribution is -0.142. The Morgan fingerprint density at radius 2 is 2.00 bits per heavy atom. The number of nitrogens with zero attached hydrogens (tertiary/aromatic N) is 2. The number of carbonyl (C=O) groups is 1. The van der Waals surface area contributed by atoms with E-state index in [1.54, 1.807) is 18.3 Å². The smallest absolute Gasteiger partial charge is 0.343 e. The van der Waals surface area contributed by atoms with Crippen LogP contribution in [0.3, 0.4) is 0 Å². The highest BCUT2D eigenvalue weighted by molar-refractivity contribution is 9.10. The molecule has 30 heavy (non-hydrogen) atoms. The van der Waals surface area contributed by atoms with Gasteiger partial charge < -0.3 is 14.2 Å². The summed E-state index contributed by atoms with van der Waals surface area (Å²) in [5, 5.41) is 6.93. The molecule has 0 spiro atoms. The Kier molecular flexibility index (Phi) is 7.81. The Bertz CT molecular complexity index is 1020. The second-order valence-corrected chi connectivity index (χ2v) is 7.60. The maximum Gasteiger partial charge on any atom is 0.343 e. The summed E-state index contributed by atoms with van der Waals surface area (Å²) >= 11 is 4.97. The molecular formula is C21H20BrN3O4S. The molecule has 3 rings (SSSR count). The molecule has 3 aromatic rings. The number of hydrogen-bond acceptors (Lipinski definition) is 8. The van der Waals surface area contributed by atoms with Crippen molar-refractivity contribution >= 4 is 44.6 Å². The summed E-state index contributed by atoms with van der Waals surface area (Å²) in [7, 11) is 1.31. The van der Waals surface area contributed by atoms with Crippen molar-refractivity contribution in [1.29, 1.82) is 0 Å². The van der Waals surface area contributed by atoms with Crippen LogP contribution in [0.4, 0.5) is 5.13 Å². The predicted octanol–water partition coefficient (Wildman–Crippen LogP) is 4.97. The van der Waals surface area contributed by atoms with E-state index in [4.69, 9.17) is 9.47 Å². The molecule has 0 saturated carbocycles. The van der Waals surface area contributed by atoms with Gasteiger partial charge >= 0.3 is 5.97 Å². The second-order valence-electron chi connectivity index (χ2n) is 5.89. The van der Waals surface area contributed by atoms with E-state index in [0.717, 1.165) is 21.3 Å². The molecule has 0 aliphatic rings. The van der Waals surface area contributed by atoms with Crippen molar-refractivity contribution < 1.29 is 19.0 Å². The fourth-order valence-corrected chi connectivity index (χ4v) is 3.54. The van der Waals surface area contributed by atoms with E-state index in [2.05, 4.69) is 36.2 Å². The van der Waals surface area contributed by atoms with Crippen molar-refractivity contribution in [2.24, 2.45) is 5.10 Å². The Morgan fingerprint density at radius 3 is 2.73 bits per heavy atom. The summed E-state index contributed by atoms with van der Waals surface area (Å²) in [4.78, 5) is 15.9. The SMILES string of the molecule is CCOc1cc(C=NNc2nc(-c3ccccc3)cs2)c(Br)cc1OCC(=O)OC. The number of anilines is 1. The van der Waals surface area contributed by atoms with Crippen molar-refractivity contribution in [3.8, 4) is 22.8 Å². The minimum atomic E-state index is -0.471. The van der Waals surface area contributed by atoms with E-state index in [9.17, 15) is 4.79 Å². The van der Waals surface area contributed by atoms with Crippen molar-refractivity contribution in [3.05, 3.63) is 57.9 Å². The zero-order valence-electron chi connectivity index (χ0n) is 16.4. The molecule has 0 atom stereocenters. The molecule has 9 heteroatoms. The van der Waals surface area contributed by atoms with E-state index in [1.165, 1.54) is 18.4 Å². The Labute approximate surface area is 186 Å². The molecule has 0 bridgehead atoms. The Balaban J connectivity index is 1.71. The first-order valence-electron chi connectivity index (χ1n) is 9.06. The van der Waals surface area contributed by atoms with Gasteiger partial charge in [0.25, 0.3) is 0 Å². The van der Waals surface area contributed by atoms with Crippen LogP contribution >= 0.6 is 27.3 Å². The first-order chi connectivity index (χ1) is 14.6. The number of carbonyl (C=O) groups excluding carboxylic acids is 1. The molecule has 0 amide bonds. The molecule has 0 unspecified atom stereocenters. The van der Waals surface area contributed by atoms with Gasteiger partial charge in [-0.1, -0.05) is 30.3 Å². The van der Waals surface area contributed by atoms with Crippen LogP contribution < -0.4 is 14.9 Å². The molecule has 156 valence electrons. The first kappa shape index (κ1) is 21.8. The third kappa shape index (κ3) is 5.80. The lowest BCUT2D eigenvalue weighted by Crippen LogP contribution is -2.13. The van der Waals surface area contributed by atoms with Gasteiger partial charge in [0.2, 0.25) is 5.13 Å². The van der Waals surface area contributed by atoms with E-state index >= 15 is 0 Å². The lowest BCUT2D eigenvalue weighted by atomic mass is 10.2. The maximum absolute atomic E-state index is 11.3. The number of thiazole rings is 1. The highest BCUT2D eigenvalue weighted by Crippen LogP contribution is 2.33. The van der Waals surface area contributed by atoms with Gasteiger partial charge in [-0.2, -0.15) is 5.10 Å². The number of rotatable bonds is 9. The third-order valence-electron chi connectivity index (χ3n) is 3.87. The number of halogens is 1. The molecule has 1 heterocycles. The molecule has 0 aliphatic carbocycles. The van der Waals surface area contributed by atoms with Crippen LogP contribution in [0.2, 0.25) is 0 Å². The summed E-state index contributed by atoms with van der Waals surface area (Å²) in [6, 6.07) is 13.5. The maximum atomic E-state index is 11.3. The van der Waals surface area contributed by atoms with Crippen LogP contribution in [0.5, 0.6) is 11.5 Å². The summed E-state index contributed by atoms with van der Waals surface area (Å²) in [6.07, 6.45) is 1.65. The number of nitrogens with one attached hydrogen (secondary N) is 1. The minimum absolute atomic E-state index is 0.203. The third-order valence-corrected chi connectivity index (χ3v) is 5.31. The van der Waals surface area contributed by atoms with E-state index in [0.29, 0.717) is 23.2 Å². The fourth-order valence-electron chi connectivity index (χ4n) is 2.45. The van der Waals surface area contributed by atoms with Gasteiger partial charge in [-0.25, -0.2) is 9.78 Å². The van der Waals surface area contributed by atoms with E-state index in [1.807, 2.05) is 42.6 Å². The minimum Gasteiger partial charge on any atom is -0.490 e. The molecule has 1 aromatic heterocycles. The Morgan fingerprint density at radius 1 is 1.23 bits per heavy atom. The van der Waals surface area contributed by atoms with E-state index < -0.39 is 5.97 Å². The first-order valence-corrected chi connectivity index (χ1v) is 10.7. The van der Waals surface area contributed by atoms with Crippen LogP contribution in [0.1, 0.15) is 12.5 Å². The summed E-state index contributed by atoms with van der Waals surface area (Å²) in [6.45, 7) is 2.12. The van der Waals surface area contributed by atoms with Crippen LogP contribution in [0.25, 0.3) is 11.3 Å². The molecule has 0 saturated heterocycles. The fraction of sp³-hybridized carbons (Fsp3) is 0.190. The van der Waals surface area contributed by atoms with Gasteiger partial charge in [0, 0.05) is 21.0 Å². The quantitative estimate of drug-likeness (QED) is 0.259. The average Bonchev–Trinajstić information content (AvgIpc) is 3.24. The average molecular weight is 490 g/mol. The zero-order valence-corrected chi connectivity index (χ0v) is 18.8. The summed E-state index contributed by atoms with van der Waals surface area (Å²) in [5.41, 5.74) is 5.67. The molecule has 7 nitrogen and oxygen atoms in total. The normalized spacial score (nSPS) is 10.8. The molecule has 2 aromatic carbocycles. The van der Waals surface area contributed by atoms with Gasteiger partial charge in [0.15, 0.2) is 18.1 Å². The van der Waals surface area contributed by atoms with Gasteiger partial charge in [-0.15, -0.1) is 11.3 Å². The second kappa shape index (κ2) is 10.7. The van der Waals surface area contributed by atoms with Crippen molar-refractivity contribution in [2.75, 3.05) is 25.7 Å². The van der Waals surface area contributed by atoms with Gasteiger partial charge in [-0.05, 0) is 35.0 Å². The van der Waals surface area contributed by atoms with Gasteiger partial charge in [0.1, 0.15) is 0 Å². The Hall–Kier alpha value is -2.91. The number of aromatic nitrogens is 1. The van der Waals surface area contributed by atoms with Crippen molar-refractivity contribution in [1.82, 2.24) is 4.98 Å². The standard InChI is InChI=1S/C21H20BrN3O4S/c1-3-28-18-9-15(16(22)10-19(18)29-12-20(26)27-2)11-23-25-21-24-17(13-30-21)14-7-5-4-6-8-14/h4-11,13H,3,12H2,1-2H3,(H,24,25). The number of hydrazone groups is 1. The van der Waals surface area contributed by atoms with Gasteiger partial charge in [-0.3, -0.25) is 5.43 Å². The molecule has 0 aliphatic heterocycles. The lowest BCUT2D eigenvalue weighted by Gasteiger charge is -2.13. The topological polar surface area (TPSA) is 82.0 Å².